The molecule has 6 heteroatoms. The van der Waals surface area contributed by atoms with Crippen molar-refractivity contribution in [3.8, 4) is 0 Å². The number of hydrogen-bond donors (Lipinski definition) is 2. The van der Waals surface area contributed by atoms with E-state index < -0.39 is 0 Å². The highest BCUT2D eigenvalue weighted by molar-refractivity contribution is 6.31. The molecule has 0 unspecified atom stereocenters. The van der Waals surface area contributed by atoms with Crippen LogP contribution in [0.5, 0.6) is 0 Å². The van der Waals surface area contributed by atoms with Crippen molar-refractivity contribution in [1.29, 1.82) is 0 Å². The van der Waals surface area contributed by atoms with Crippen molar-refractivity contribution in [2.45, 2.75) is 6.42 Å². The molecule has 0 amide bonds. The second-order valence-corrected chi connectivity index (χ2v) is 4.64. The molecule has 1 aromatic heterocycles. The SMILES string of the molecule is Cl.Cl.Nc1ccc2nc(Cc3ccccc3Cl)[nH]c2c1. The van der Waals surface area contributed by atoms with Gasteiger partial charge >= 0.3 is 0 Å². The Hall–Kier alpha value is -1.42. The Morgan fingerprint density at radius 2 is 1.85 bits per heavy atom. The summed E-state index contributed by atoms with van der Waals surface area (Å²) in [5, 5.41) is 0.762. The van der Waals surface area contributed by atoms with Gasteiger partial charge in [-0.1, -0.05) is 29.8 Å². The molecule has 0 aliphatic heterocycles. The van der Waals surface area contributed by atoms with Crippen LogP contribution in [-0.2, 0) is 6.42 Å². The highest BCUT2D eigenvalue weighted by Crippen LogP contribution is 2.20. The molecule has 3 N–H and O–H groups in total. The van der Waals surface area contributed by atoms with Gasteiger partial charge in [0, 0.05) is 17.1 Å². The average molecular weight is 331 g/mol. The maximum absolute atomic E-state index is 6.14. The Kier molecular flexibility index (Phi) is 5.69. The third kappa shape index (κ3) is 3.37. The molecule has 0 bridgehead atoms. The number of H-pyrrole nitrogens is 1. The van der Waals surface area contributed by atoms with Crippen LogP contribution in [0.15, 0.2) is 42.5 Å². The smallest absolute Gasteiger partial charge is 0.111 e. The molecule has 3 rings (SSSR count). The van der Waals surface area contributed by atoms with Gasteiger partial charge in [0.2, 0.25) is 0 Å². The molecule has 106 valence electrons. The average Bonchev–Trinajstić information content (AvgIpc) is 2.73. The minimum absolute atomic E-state index is 0. The number of rotatable bonds is 2. The second kappa shape index (κ2) is 6.84. The number of nitrogens with two attached hydrogens (primary N) is 1. The first-order chi connectivity index (χ1) is 8.72. The molecular weight excluding hydrogens is 317 g/mol. The first-order valence-corrected chi connectivity index (χ1v) is 6.08. The van der Waals surface area contributed by atoms with E-state index in [0.717, 1.165) is 33.1 Å². The first-order valence-electron chi connectivity index (χ1n) is 5.70. The largest absolute Gasteiger partial charge is 0.399 e. The summed E-state index contributed by atoms with van der Waals surface area (Å²) >= 11 is 6.14. The molecule has 0 aliphatic carbocycles. The van der Waals surface area contributed by atoms with Crippen LogP contribution in [-0.4, -0.2) is 9.97 Å². The van der Waals surface area contributed by atoms with Crippen LogP contribution in [0, 0.1) is 0 Å². The number of halogens is 3. The van der Waals surface area contributed by atoms with E-state index in [1.54, 1.807) is 0 Å². The van der Waals surface area contributed by atoms with Crippen LogP contribution in [0.4, 0.5) is 5.69 Å². The molecule has 0 spiro atoms. The quantitative estimate of drug-likeness (QED) is 0.691. The number of anilines is 1. The monoisotopic (exact) mass is 329 g/mol. The van der Waals surface area contributed by atoms with Gasteiger partial charge in [0.25, 0.3) is 0 Å². The molecule has 0 aliphatic rings. The number of hydrogen-bond acceptors (Lipinski definition) is 2. The number of nitrogens with zero attached hydrogens (tertiary/aromatic N) is 1. The number of imidazole rings is 1. The summed E-state index contributed by atoms with van der Waals surface area (Å²) in [4.78, 5) is 7.78. The molecule has 0 saturated heterocycles. The van der Waals surface area contributed by atoms with Gasteiger partial charge < -0.3 is 10.7 Å². The fourth-order valence-corrected chi connectivity index (χ4v) is 2.19. The number of aromatic nitrogens is 2. The van der Waals surface area contributed by atoms with Crippen LogP contribution in [0.1, 0.15) is 11.4 Å². The van der Waals surface area contributed by atoms with Crippen molar-refractivity contribution in [3.05, 3.63) is 58.9 Å². The molecule has 20 heavy (non-hydrogen) atoms. The van der Waals surface area contributed by atoms with Gasteiger partial charge in [-0.05, 0) is 29.8 Å². The zero-order valence-electron chi connectivity index (χ0n) is 10.5. The number of aromatic amines is 1. The summed E-state index contributed by atoms with van der Waals surface area (Å²) in [6.45, 7) is 0. The minimum Gasteiger partial charge on any atom is -0.399 e. The molecule has 0 saturated carbocycles. The van der Waals surface area contributed by atoms with E-state index in [9.17, 15) is 0 Å². The van der Waals surface area contributed by atoms with Crippen molar-refractivity contribution in [1.82, 2.24) is 9.97 Å². The van der Waals surface area contributed by atoms with Crippen molar-refractivity contribution in [3.63, 3.8) is 0 Å². The van der Waals surface area contributed by atoms with Gasteiger partial charge in [-0.15, -0.1) is 24.8 Å². The number of benzene rings is 2. The molecule has 2 aromatic carbocycles. The Morgan fingerprint density at radius 1 is 1.10 bits per heavy atom. The van der Waals surface area contributed by atoms with Gasteiger partial charge in [-0.25, -0.2) is 4.98 Å². The van der Waals surface area contributed by atoms with Gasteiger partial charge in [0.15, 0.2) is 0 Å². The third-order valence-electron chi connectivity index (χ3n) is 2.87. The third-order valence-corrected chi connectivity index (χ3v) is 3.24. The summed E-state index contributed by atoms with van der Waals surface area (Å²) in [5.74, 6) is 0.892. The lowest BCUT2D eigenvalue weighted by atomic mass is 10.1. The van der Waals surface area contributed by atoms with Gasteiger partial charge in [-0.3, -0.25) is 0 Å². The molecule has 1 heterocycles. The lowest BCUT2D eigenvalue weighted by Crippen LogP contribution is -1.91. The fourth-order valence-electron chi connectivity index (χ4n) is 1.99. The number of fused-ring (bicyclic) bond motifs is 1. The maximum Gasteiger partial charge on any atom is 0.111 e. The second-order valence-electron chi connectivity index (χ2n) is 4.23. The Morgan fingerprint density at radius 3 is 2.60 bits per heavy atom. The summed E-state index contributed by atoms with van der Waals surface area (Å²) in [6, 6.07) is 13.4. The van der Waals surface area contributed by atoms with Crippen molar-refractivity contribution in [2.75, 3.05) is 5.73 Å². The highest BCUT2D eigenvalue weighted by atomic mass is 35.5. The lowest BCUT2D eigenvalue weighted by Gasteiger charge is -2.00. The Bertz CT molecular complexity index is 710. The summed E-state index contributed by atoms with van der Waals surface area (Å²) in [7, 11) is 0. The fraction of sp³-hybridized carbons (Fsp3) is 0.0714. The summed E-state index contributed by atoms with van der Waals surface area (Å²) < 4.78 is 0. The first kappa shape index (κ1) is 16.6. The van der Waals surface area contributed by atoms with E-state index in [1.165, 1.54) is 0 Å². The molecule has 0 radical (unpaired) electrons. The summed E-state index contributed by atoms with van der Waals surface area (Å²) in [6.07, 6.45) is 0.689. The van der Waals surface area contributed by atoms with Crippen LogP contribution in [0.2, 0.25) is 5.02 Å². The van der Waals surface area contributed by atoms with E-state index in [0.29, 0.717) is 6.42 Å². The normalized spacial score (nSPS) is 9.85. The van der Waals surface area contributed by atoms with E-state index in [1.807, 2.05) is 42.5 Å². The van der Waals surface area contributed by atoms with Gasteiger partial charge in [0.1, 0.15) is 5.82 Å². The van der Waals surface area contributed by atoms with Crippen molar-refractivity contribution in [2.24, 2.45) is 0 Å². The van der Waals surface area contributed by atoms with E-state index in [4.69, 9.17) is 17.3 Å². The van der Waals surface area contributed by atoms with E-state index in [-0.39, 0.29) is 24.8 Å². The number of nitrogens with one attached hydrogen (secondary N) is 1. The minimum atomic E-state index is 0. The predicted octanol–water partition coefficient (Wildman–Crippen LogP) is 4.23. The zero-order valence-corrected chi connectivity index (χ0v) is 12.9. The van der Waals surface area contributed by atoms with Crippen LogP contribution >= 0.6 is 36.4 Å². The highest BCUT2D eigenvalue weighted by Gasteiger charge is 2.06. The van der Waals surface area contributed by atoms with Crippen molar-refractivity contribution >= 4 is 53.1 Å². The van der Waals surface area contributed by atoms with Crippen LogP contribution < -0.4 is 5.73 Å². The summed E-state index contributed by atoms with van der Waals surface area (Å²) in [5.41, 5.74) is 9.41. The Balaban J connectivity index is 0.000001000. The molecule has 0 fully saturated rings. The standard InChI is InChI=1S/C14H12ClN3.2ClH/c15-11-4-2-1-3-9(11)7-14-17-12-6-5-10(16)8-13(12)18-14;;/h1-6,8H,7,16H2,(H,17,18);2*1H. The van der Waals surface area contributed by atoms with Crippen LogP contribution in [0.25, 0.3) is 11.0 Å². The topological polar surface area (TPSA) is 54.7 Å². The van der Waals surface area contributed by atoms with Gasteiger partial charge in [0.05, 0.1) is 11.0 Å². The molecule has 3 nitrogen and oxygen atoms in total. The molecule has 0 atom stereocenters. The lowest BCUT2D eigenvalue weighted by molar-refractivity contribution is 1.04. The predicted molar refractivity (Wildman–Crippen MR) is 89.3 cm³/mol. The molecular formula is C14H14Cl3N3. The molecule has 3 aromatic rings. The van der Waals surface area contributed by atoms with Crippen molar-refractivity contribution < 1.29 is 0 Å². The maximum atomic E-state index is 6.14. The number of nitrogen functional groups attached to an aromatic ring is 1. The van der Waals surface area contributed by atoms with Crippen LogP contribution in [0.3, 0.4) is 0 Å². The zero-order chi connectivity index (χ0) is 12.5. The van der Waals surface area contributed by atoms with E-state index in [2.05, 4.69) is 9.97 Å². The van der Waals surface area contributed by atoms with Gasteiger partial charge in [-0.2, -0.15) is 0 Å². The Labute approximate surface area is 134 Å². The van der Waals surface area contributed by atoms with E-state index >= 15 is 0 Å².